The largest absolute Gasteiger partial charge is 0.347 e. The van der Waals surface area contributed by atoms with Gasteiger partial charge in [0, 0.05) is 43.3 Å². The van der Waals surface area contributed by atoms with Crippen molar-refractivity contribution in [3.63, 3.8) is 0 Å². The van der Waals surface area contributed by atoms with Gasteiger partial charge in [0.25, 0.3) is 5.91 Å². The van der Waals surface area contributed by atoms with E-state index in [0.29, 0.717) is 18.2 Å². The maximum Gasteiger partial charge on any atom is 0.253 e. The molecule has 31 heavy (non-hydrogen) atoms. The number of thiophene rings is 1. The fourth-order valence-electron chi connectivity index (χ4n) is 4.49. The van der Waals surface area contributed by atoms with E-state index in [0.717, 1.165) is 41.9 Å². The lowest BCUT2D eigenvalue weighted by Crippen LogP contribution is -2.51. The molecule has 4 heterocycles. The van der Waals surface area contributed by atoms with Gasteiger partial charge in [-0.3, -0.25) is 19.0 Å². The minimum atomic E-state index is -0.0744. The van der Waals surface area contributed by atoms with Crippen LogP contribution >= 0.6 is 11.3 Å². The number of hydrogen-bond donors (Lipinski definition) is 1. The highest BCUT2D eigenvalue weighted by Crippen LogP contribution is 2.33. The van der Waals surface area contributed by atoms with E-state index in [4.69, 9.17) is 0 Å². The number of rotatable bonds is 7. The standard InChI is InChI=1S/C23H30N6OS/c1-16(2)28-10-9-27(13-17-5-6-17)15-20(28)22-26-25-21-8-7-18(14-29(21)22)23(30)24-12-19-4-3-11-31-19/h3-4,7-8,11,14,16-17,20H,5-6,9-10,12-13,15H2,1-2H3,(H,24,30). The topological polar surface area (TPSA) is 65.8 Å². The first-order valence-corrected chi connectivity index (χ1v) is 12.1. The number of fused-ring (bicyclic) bond motifs is 1. The van der Waals surface area contributed by atoms with E-state index in [9.17, 15) is 4.79 Å². The van der Waals surface area contributed by atoms with Crippen molar-refractivity contribution in [2.24, 2.45) is 5.92 Å². The summed E-state index contributed by atoms with van der Waals surface area (Å²) in [6.07, 6.45) is 4.63. The Kier molecular flexibility index (Phi) is 5.77. The SMILES string of the molecule is CC(C)N1CCN(CC2CC2)CC1c1nnc2ccc(C(=O)NCc3cccs3)cn12. The third-order valence-corrected chi connectivity index (χ3v) is 7.25. The van der Waals surface area contributed by atoms with E-state index in [-0.39, 0.29) is 11.9 Å². The summed E-state index contributed by atoms with van der Waals surface area (Å²) in [5.74, 6) is 1.73. The molecule has 0 aromatic carbocycles. The number of pyridine rings is 1. The Balaban J connectivity index is 1.39. The van der Waals surface area contributed by atoms with Crippen LogP contribution in [0, 0.1) is 5.92 Å². The van der Waals surface area contributed by atoms with Crippen molar-refractivity contribution in [1.29, 1.82) is 0 Å². The minimum Gasteiger partial charge on any atom is -0.347 e. The van der Waals surface area contributed by atoms with Crippen LogP contribution in [-0.2, 0) is 6.54 Å². The number of carbonyl (C=O) groups is 1. The van der Waals surface area contributed by atoms with Crippen molar-refractivity contribution in [2.45, 2.75) is 45.3 Å². The summed E-state index contributed by atoms with van der Waals surface area (Å²) in [4.78, 5) is 19.0. The molecule has 1 saturated carbocycles. The Hall–Kier alpha value is -2.29. The molecule has 1 N–H and O–H groups in total. The molecule has 5 rings (SSSR count). The highest BCUT2D eigenvalue weighted by molar-refractivity contribution is 7.09. The first-order chi connectivity index (χ1) is 15.1. The summed E-state index contributed by atoms with van der Waals surface area (Å²) in [7, 11) is 0. The molecule has 8 heteroatoms. The monoisotopic (exact) mass is 438 g/mol. The first-order valence-electron chi connectivity index (χ1n) is 11.2. The molecular weight excluding hydrogens is 408 g/mol. The number of carbonyl (C=O) groups excluding carboxylic acids is 1. The van der Waals surface area contributed by atoms with Crippen molar-refractivity contribution < 1.29 is 4.79 Å². The summed E-state index contributed by atoms with van der Waals surface area (Å²) in [6.45, 7) is 9.33. The van der Waals surface area contributed by atoms with Gasteiger partial charge in [0.1, 0.15) is 0 Å². The van der Waals surface area contributed by atoms with E-state index < -0.39 is 0 Å². The average Bonchev–Trinajstić information content (AvgIpc) is 3.26. The van der Waals surface area contributed by atoms with Gasteiger partial charge in [0.2, 0.25) is 0 Å². The Morgan fingerprint density at radius 2 is 2.10 bits per heavy atom. The number of piperazine rings is 1. The summed E-state index contributed by atoms with van der Waals surface area (Å²) in [5, 5.41) is 14.0. The van der Waals surface area contributed by atoms with Crippen LogP contribution in [-0.4, -0.2) is 62.5 Å². The minimum absolute atomic E-state index is 0.0744. The lowest BCUT2D eigenvalue weighted by atomic mass is 10.1. The Labute approximate surface area is 187 Å². The lowest BCUT2D eigenvalue weighted by molar-refractivity contribution is 0.0437. The number of aromatic nitrogens is 3. The van der Waals surface area contributed by atoms with Gasteiger partial charge in [-0.1, -0.05) is 6.07 Å². The van der Waals surface area contributed by atoms with E-state index in [1.807, 2.05) is 40.2 Å². The van der Waals surface area contributed by atoms with Crippen molar-refractivity contribution >= 4 is 22.9 Å². The number of hydrogen-bond acceptors (Lipinski definition) is 6. The molecule has 7 nitrogen and oxygen atoms in total. The zero-order valence-electron chi connectivity index (χ0n) is 18.2. The van der Waals surface area contributed by atoms with Crippen LogP contribution in [0.2, 0.25) is 0 Å². The highest BCUT2D eigenvalue weighted by atomic mass is 32.1. The second-order valence-electron chi connectivity index (χ2n) is 9.02. The third-order valence-electron chi connectivity index (χ3n) is 6.37. The van der Waals surface area contributed by atoms with Gasteiger partial charge >= 0.3 is 0 Å². The smallest absolute Gasteiger partial charge is 0.253 e. The van der Waals surface area contributed by atoms with Crippen LogP contribution in [0.25, 0.3) is 5.65 Å². The molecule has 2 fully saturated rings. The van der Waals surface area contributed by atoms with Crippen molar-refractivity contribution in [3.8, 4) is 0 Å². The molecule has 1 aliphatic heterocycles. The van der Waals surface area contributed by atoms with Crippen LogP contribution < -0.4 is 5.32 Å². The predicted molar refractivity (Wildman–Crippen MR) is 122 cm³/mol. The van der Waals surface area contributed by atoms with Gasteiger partial charge in [-0.2, -0.15) is 0 Å². The quantitative estimate of drug-likeness (QED) is 0.614. The van der Waals surface area contributed by atoms with E-state index in [1.165, 1.54) is 19.4 Å². The molecule has 3 aromatic rings. The summed E-state index contributed by atoms with van der Waals surface area (Å²) >= 11 is 1.65. The molecule has 1 unspecified atom stereocenters. The van der Waals surface area contributed by atoms with Crippen molar-refractivity contribution in [1.82, 2.24) is 29.7 Å². The van der Waals surface area contributed by atoms with Crippen molar-refractivity contribution in [3.05, 3.63) is 52.1 Å². The van der Waals surface area contributed by atoms with Crippen molar-refractivity contribution in [2.75, 3.05) is 26.2 Å². The van der Waals surface area contributed by atoms with Gasteiger partial charge in [0.15, 0.2) is 11.5 Å². The lowest BCUT2D eigenvalue weighted by Gasteiger charge is -2.42. The number of nitrogens with zero attached hydrogens (tertiary/aromatic N) is 5. The fraction of sp³-hybridized carbons (Fsp3) is 0.522. The number of nitrogens with one attached hydrogen (secondary N) is 1. The summed E-state index contributed by atoms with van der Waals surface area (Å²) < 4.78 is 2.01. The Morgan fingerprint density at radius 1 is 1.23 bits per heavy atom. The second-order valence-corrected chi connectivity index (χ2v) is 10.0. The Morgan fingerprint density at radius 3 is 2.84 bits per heavy atom. The van der Waals surface area contributed by atoms with Crippen LogP contribution in [0.4, 0.5) is 0 Å². The zero-order valence-corrected chi connectivity index (χ0v) is 19.0. The molecule has 1 amide bonds. The van der Waals surface area contributed by atoms with Gasteiger partial charge in [-0.05, 0) is 56.2 Å². The third kappa shape index (κ3) is 4.51. The fourth-order valence-corrected chi connectivity index (χ4v) is 5.13. The average molecular weight is 439 g/mol. The molecule has 3 aromatic heterocycles. The van der Waals surface area contributed by atoms with E-state index in [1.54, 1.807) is 11.3 Å². The predicted octanol–water partition coefficient (Wildman–Crippen LogP) is 3.20. The van der Waals surface area contributed by atoms with Crippen LogP contribution in [0.15, 0.2) is 35.8 Å². The summed E-state index contributed by atoms with van der Waals surface area (Å²) in [6, 6.07) is 8.35. The molecule has 164 valence electrons. The Bertz CT molecular complexity index is 1040. The highest BCUT2D eigenvalue weighted by Gasteiger charge is 2.35. The molecule has 0 spiro atoms. The van der Waals surface area contributed by atoms with E-state index in [2.05, 4.69) is 39.2 Å². The molecule has 1 saturated heterocycles. The van der Waals surface area contributed by atoms with Gasteiger partial charge < -0.3 is 5.32 Å². The zero-order chi connectivity index (χ0) is 21.4. The maximum absolute atomic E-state index is 12.8. The first kappa shape index (κ1) is 20.6. The normalized spacial score (nSPS) is 20.5. The van der Waals surface area contributed by atoms with Gasteiger partial charge in [-0.15, -0.1) is 21.5 Å². The molecule has 1 atom stereocenters. The molecule has 2 aliphatic rings. The van der Waals surface area contributed by atoms with Crippen LogP contribution in [0.5, 0.6) is 0 Å². The summed E-state index contributed by atoms with van der Waals surface area (Å²) in [5.41, 5.74) is 1.42. The molecule has 0 radical (unpaired) electrons. The van der Waals surface area contributed by atoms with E-state index >= 15 is 0 Å². The molecular formula is C23H30N6OS. The van der Waals surface area contributed by atoms with Gasteiger partial charge in [0.05, 0.1) is 18.2 Å². The van der Waals surface area contributed by atoms with Crippen LogP contribution in [0.1, 0.15) is 53.8 Å². The maximum atomic E-state index is 12.8. The van der Waals surface area contributed by atoms with Gasteiger partial charge in [-0.25, -0.2) is 0 Å². The molecule has 0 bridgehead atoms. The number of amides is 1. The van der Waals surface area contributed by atoms with Crippen LogP contribution in [0.3, 0.4) is 0 Å². The molecule has 1 aliphatic carbocycles. The second kappa shape index (κ2) is 8.68.